The molecule has 0 fully saturated rings. The highest BCUT2D eigenvalue weighted by molar-refractivity contribution is 5.69. The second-order valence-electron chi connectivity index (χ2n) is 7.30. The van der Waals surface area contributed by atoms with Crippen LogP contribution >= 0.6 is 0 Å². The SMILES string of the molecule is CCCCOc1ccc(COC(=O)N2CCc3[nH]cnc3C2C(C)C)cc1. The van der Waals surface area contributed by atoms with Gasteiger partial charge in [0.05, 0.1) is 24.7 Å². The third-order valence-corrected chi connectivity index (χ3v) is 4.89. The van der Waals surface area contributed by atoms with Crippen molar-refractivity contribution in [2.75, 3.05) is 13.2 Å². The number of ether oxygens (including phenoxy) is 2. The lowest BCUT2D eigenvalue weighted by Gasteiger charge is -2.36. The first-order valence-corrected chi connectivity index (χ1v) is 9.77. The van der Waals surface area contributed by atoms with Crippen LogP contribution in [-0.2, 0) is 17.8 Å². The molecule has 0 bridgehead atoms. The van der Waals surface area contributed by atoms with Crippen molar-refractivity contribution in [3.63, 3.8) is 0 Å². The number of amides is 1. The van der Waals surface area contributed by atoms with Crippen molar-refractivity contribution in [2.24, 2.45) is 5.92 Å². The van der Waals surface area contributed by atoms with Crippen LogP contribution in [0, 0.1) is 5.92 Å². The normalized spacial score (nSPS) is 16.3. The van der Waals surface area contributed by atoms with E-state index in [2.05, 4.69) is 30.7 Å². The van der Waals surface area contributed by atoms with Crippen molar-refractivity contribution < 1.29 is 14.3 Å². The maximum absolute atomic E-state index is 12.7. The number of benzene rings is 1. The summed E-state index contributed by atoms with van der Waals surface area (Å²) in [6, 6.07) is 7.67. The number of nitrogens with one attached hydrogen (secondary N) is 1. The standard InChI is InChI=1S/C21H29N3O3/c1-4-5-12-26-17-8-6-16(7-9-17)13-27-21(25)24-11-10-18-19(23-14-22-18)20(24)15(2)3/h6-9,14-15,20H,4-5,10-13H2,1-3H3,(H,22,23). The molecule has 1 N–H and O–H groups in total. The first-order valence-electron chi connectivity index (χ1n) is 9.77. The molecule has 3 rings (SSSR count). The molecule has 1 unspecified atom stereocenters. The molecule has 0 aliphatic carbocycles. The lowest BCUT2D eigenvalue weighted by molar-refractivity contribution is 0.0652. The van der Waals surface area contributed by atoms with Gasteiger partial charge in [0, 0.05) is 18.7 Å². The summed E-state index contributed by atoms with van der Waals surface area (Å²) in [6.07, 6.45) is 4.35. The third kappa shape index (κ3) is 4.62. The number of fused-ring (bicyclic) bond motifs is 1. The predicted octanol–water partition coefficient (Wildman–Crippen LogP) is 4.48. The molecule has 0 radical (unpaired) electrons. The Morgan fingerprint density at radius 3 is 2.81 bits per heavy atom. The fourth-order valence-corrected chi connectivity index (χ4v) is 3.43. The number of unbranched alkanes of at least 4 members (excludes halogenated alkanes) is 1. The van der Waals surface area contributed by atoms with E-state index in [0.29, 0.717) is 6.54 Å². The smallest absolute Gasteiger partial charge is 0.410 e. The van der Waals surface area contributed by atoms with Gasteiger partial charge in [-0.3, -0.25) is 4.90 Å². The summed E-state index contributed by atoms with van der Waals surface area (Å²) >= 11 is 0. The number of hydrogen-bond acceptors (Lipinski definition) is 4. The molecule has 2 heterocycles. The molecule has 6 heteroatoms. The van der Waals surface area contributed by atoms with Gasteiger partial charge in [-0.2, -0.15) is 0 Å². The fraction of sp³-hybridized carbons (Fsp3) is 0.524. The third-order valence-electron chi connectivity index (χ3n) is 4.89. The van der Waals surface area contributed by atoms with Crippen LogP contribution in [0.3, 0.4) is 0 Å². The van der Waals surface area contributed by atoms with Gasteiger partial charge in [0.2, 0.25) is 0 Å². The molecule has 1 aliphatic heterocycles. The average Bonchev–Trinajstić information content (AvgIpc) is 3.15. The Morgan fingerprint density at radius 2 is 2.11 bits per heavy atom. The Labute approximate surface area is 160 Å². The lowest BCUT2D eigenvalue weighted by atomic mass is 9.94. The number of imidazole rings is 1. The summed E-state index contributed by atoms with van der Waals surface area (Å²) in [4.78, 5) is 22.1. The van der Waals surface area contributed by atoms with E-state index in [-0.39, 0.29) is 24.7 Å². The molecular formula is C21H29N3O3. The second kappa shape index (κ2) is 8.93. The van der Waals surface area contributed by atoms with Crippen molar-refractivity contribution in [1.82, 2.24) is 14.9 Å². The number of carbonyl (C=O) groups excluding carboxylic acids is 1. The number of carbonyl (C=O) groups is 1. The van der Waals surface area contributed by atoms with Crippen LogP contribution in [0.1, 0.15) is 56.6 Å². The average molecular weight is 371 g/mol. The molecule has 6 nitrogen and oxygen atoms in total. The Balaban J connectivity index is 1.57. The molecular weight excluding hydrogens is 342 g/mol. The van der Waals surface area contributed by atoms with Crippen LogP contribution in [0.5, 0.6) is 5.75 Å². The highest BCUT2D eigenvalue weighted by Crippen LogP contribution is 2.33. The number of hydrogen-bond donors (Lipinski definition) is 1. The van der Waals surface area contributed by atoms with E-state index < -0.39 is 0 Å². The Kier molecular flexibility index (Phi) is 6.37. The van der Waals surface area contributed by atoms with E-state index in [9.17, 15) is 4.79 Å². The van der Waals surface area contributed by atoms with Gasteiger partial charge in [-0.1, -0.05) is 39.3 Å². The number of aromatic amines is 1. The summed E-state index contributed by atoms with van der Waals surface area (Å²) in [5, 5.41) is 0. The van der Waals surface area contributed by atoms with Gasteiger partial charge in [-0.05, 0) is 30.0 Å². The van der Waals surface area contributed by atoms with E-state index in [4.69, 9.17) is 9.47 Å². The maximum atomic E-state index is 12.7. The van der Waals surface area contributed by atoms with Crippen molar-refractivity contribution in [1.29, 1.82) is 0 Å². The maximum Gasteiger partial charge on any atom is 0.410 e. The summed E-state index contributed by atoms with van der Waals surface area (Å²) in [5.41, 5.74) is 3.03. The highest BCUT2D eigenvalue weighted by Gasteiger charge is 2.35. The summed E-state index contributed by atoms with van der Waals surface area (Å²) in [5.74, 6) is 1.11. The van der Waals surface area contributed by atoms with Gasteiger partial charge in [-0.25, -0.2) is 9.78 Å². The van der Waals surface area contributed by atoms with Crippen LogP contribution in [0.4, 0.5) is 4.79 Å². The molecule has 0 saturated heterocycles. The fourth-order valence-electron chi connectivity index (χ4n) is 3.43. The molecule has 1 aromatic heterocycles. The minimum absolute atomic E-state index is 0.0539. The summed E-state index contributed by atoms with van der Waals surface area (Å²) < 4.78 is 11.2. The van der Waals surface area contributed by atoms with Crippen molar-refractivity contribution in [3.05, 3.63) is 47.5 Å². The highest BCUT2D eigenvalue weighted by atomic mass is 16.6. The molecule has 146 valence electrons. The van der Waals surface area contributed by atoms with Crippen LogP contribution < -0.4 is 4.74 Å². The van der Waals surface area contributed by atoms with Crippen molar-refractivity contribution in [2.45, 2.75) is 52.7 Å². The van der Waals surface area contributed by atoms with Crippen molar-refractivity contribution >= 4 is 6.09 Å². The minimum Gasteiger partial charge on any atom is -0.494 e. The molecule has 0 spiro atoms. The molecule has 1 aromatic carbocycles. The number of nitrogens with zero attached hydrogens (tertiary/aromatic N) is 2. The first kappa shape index (κ1) is 19.3. The number of aromatic nitrogens is 2. The molecule has 2 aromatic rings. The molecule has 1 atom stereocenters. The van der Waals surface area contributed by atoms with Crippen LogP contribution in [0.25, 0.3) is 0 Å². The Hall–Kier alpha value is -2.50. The monoisotopic (exact) mass is 371 g/mol. The van der Waals surface area contributed by atoms with Gasteiger partial charge in [-0.15, -0.1) is 0 Å². The van der Waals surface area contributed by atoms with Crippen LogP contribution in [0.15, 0.2) is 30.6 Å². The van der Waals surface area contributed by atoms with Crippen molar-refractivity contribution in [3.8, 4) is 5.75 Å². The van der Waals surface area contributed by atoms with Gasteiger partial charge in [0.25, 0.3) is 0 Å². The topological polar surface area (TPSA) is 67.5 Å². The lowest BCUT2D eigenvalue weighted by Crippen LogP contribution is -2.42. The minimum atomic E-state index is -0.286. The van der Waals surface area contributed by atoms with Crippen LogP contribution in [0.2, 0.25) is 0 Å². The predicted molar refractivity (Wildman–Crippen MR) is 104 cm³/mol. The number of H-pyrrole nitrogens is 1. The molecule has 1 amide bonds. The zero-order valence-electron chi connectivity index (χ0n) is 16.4. The van der Waals surface area contributed by atoms with Gasteiger partial charge < -0.3 is 14.5 Å². The molecule has 0 saturated carbocycles. The van der Waals surface area contributed by atoms with E-state index >= 15 is 0 Å². The molecule has 27 heavy (non-hydrogen) atoms. The van der Waals surface area contributed by atoms with Gasteiger partial charge >= 0.3 is 6.09 Å². The molecule has 1 aliphatic rings. The zero-order valence-corrected chi connectivity index (χ0v) is 16.4. The Morgan fingerprint density at radius 1 is 1.33 bits per heavy atom. The van der Waals surface area contributed by atoms with E-state index in [1.807, 2.05) is 24.3 Å². The zero-order chi connectivity index (χ0) is 19.2. The van der Waals surface area contributed by atoms with E-state index in [1.54, 1.807) is 11.2 Å². The van der Waals surface area contributed by atoms with Gasteiger partial charge in [0.1, 0.15) is 12.4 Å². The largest absolute Gasteiger partial charge is 0.494 e. The quantitative estimate of drug-likeness (QED) is 0.729. The Bertz CT molecular complexity index is 739. The van der Waals surface area contributed by atoms with Crippen LogP contribution in [-0.4, -0.2) is 34.1 Å². The first-order chi connectivity index (χ1) is 13.1. The van der Waals surface area contributed by atoms with Gasteiger partial charge in [0.15, 0.2) is 0 Å². The number of rotatable bonds is 7. The van der Waals surface area contributed by atoms with E-state index in [1.165, 1.54) is 0 Å². The summed E-state index contributed by atoms with van der Waals surface area (Å²) in [7, 11) is 0. The van der Waals surface area contributed by atoms with E-state index in [0.717, 1.165) is 48.6 Å². The second-order valence-corrected chi connectivity index (χ2v) is 7.30. The summed E-state index contributed by atoms with van der Waals surface area (Å²) in [6.45, 7) is 7.97.